The molecule has 1 atom stereocenters. The molecule has 3 N–H and O–H groups in total. The maximum Gasteiger partial charge on any atom is 0.222 e. The average molecular weight is 388 g/mol. The van der Waals surface area contributed by atoms with Crippen molar-refractivity contribution < 1.29 is 4.74 Å². The summed E-state index contributed by atoms with van der Waals surface area (Å²) in [5, 5.41) is 4.30. The van der Waals surface area contributed by atoms with Crippen LogP contribution in [0.25, 0.3) is 0 Å². The Morgan fingerprint density at radius 3 is 2.78 bits per heavy atom. The first-order valence-corrected chi connectivity index (χ1v) is 9.99. The third kappa shape index (κ3) is 4.12. The van der Waals surface area contributed by atoms with Gasteiger partial charge >= 0.3 is 0 Å². The Morgan fingerprint density at radius 2 is 2.07 bits per heavy atom. The van der Waals surface area contributed by atoms with E-state index in [1.165, 1.54) is 19.3 Å². The van der Waals surface area contributed by atoms with Gasteiger partial charge < -0.3 is 20.7 Å². The van der Waals surface area contributed by atoms with Crippen LogP contribution in [-0.4, -0.2) is 35.8 Å². The normalized spacial score (nSPS) is 20.8. The van der Waals surface area contributed by atoms with Crippen molar-refractivity contribution in [1.29, 1.82) is 0 Å². The quantitative estimate of drug-likeness (QED) is 0.827. The third-order valence-corrected chi connectivity index (χ3v) is 5.65. The van der Waals surface area contributed by atoms with Crippen LogP contribution in [0.2, 0.25) is 5.02 Å². The Kier molecular flexibility index (Phi) is 5.36. The lowest BCUT2D eigenvalue weighted by Gasteiger charge is -2.32. The number of hydrogen-bond donors (Lipinski definition) is 2. The largest absolute Gasteiger partial charge is 0.382 e. The number of nitrogens with one attached hydrogen (secondary N) is 1. The summed E-state index contributed by atoms with van der Waals surface area (Å²) in [6, 6.07) is 8.78. The predicted octanol–water partition coefficient (Wildman–Crippen LogP) is 3.95. The molecule has 7 heteroatoms. The minimum absolute atomic E-state index is 0.00791. The summed E-state index contributed by atoms with van der Waals surface area (Å²) in [6.45, 7) is 4.06. The molecule has 1 aromatic carbocycles. The second-order valence-electron chi connectivity index (χ2n) is 7.37. The molecule has 2 fully saturated rings. The zero-order chi connectivity index (χ0) is 18.8. The molecule has 0 unspecified atom stereocenters. The van der Waals surface area contributed by atoms with Gasteiger partial charge in [0.2, 0.25) is 5.95 Å². The molecule has 1 aliphatic heterocycles. The molecule has 2 aliphatic rings. The standard InChI is InChI=1S/C20H26ClN5O/c1-13-10-19(25-20(22)23-13)26-8-3-9-27-12-18(26)16-7-6-15(11-17(16)21)24-14-4-2-5-14/h6-7,10-11,14,18,24H,2-5,8-9,12H2,1H3,(H2,22,23,25)/t18-/m1/s1. The smallest absolute Gasteiger partial charge is 0.222 e. The SMILES string of the molecule is Cc1cc(N2CCCOC[C@@H]2c2ccc(NC3CCC3)cc2Cl)nc(N)n1. The van der Waals surface area contributed by atoms with Crippen LogP contribution < -0.4 is 16.0 Å². The van der Waals surface area contributed by atoms with E-state index in [4.69, 9.17) is 22.1 Å². The van der Waals surface area contributed by atoms with E-state index in [9.17, 15) is 0 Å². The Hall–Kier alpha value is -2.05. The number of halogens is 1. The van der Waals surface area contributed by atoms with Crippen molar-refractivity contribution in [2.45, 2.75) is 44.7 Å². The average Bonchev–Trinajstić information content (AvgIpc) is 2.83. The number of nitrogens with two attached hydrogens (primary N) is 1. The zero-order valence-electron chi connectivity index (χ0n) is 15.6. The minimum atomic E-state index is -0.00791. The highest BCUT2D eigenvalue weighted by Gasteiger charge is 2.27. The van der Waals surface area contributed by atoms with Crippen LogP contribution in [-0.2, 0) is 4.74 Å². The van der Waals surface area contributed by atoms with Gasteiger partial charge in [-0.3, -0.25) is 0 Å². The Morgan fingerprint density at radius 1 is 1.22 bits per heavy atom. The van der Waals surface area contributed by atoms with Crippen molar-refractivity contribution in [3.8, 4) is 0 Å². The van der Waals surface area contributed by atoms with Crippen molar-refractivity contribution in [1.82, 2.24) is 9.97 Å². The van der Waals surface area contributed by atoms with Gasteiger partial charge in [-0.1, -0.05) is 17.7 Å². The van der Waals surface area contributed by atoms with E-state index in [0.29, 0.717) is 18.6 Å². The van der Waals surface area contributed by atoms with Crippen LogP contribution in [0.15, 0.2) is 24.3 Å². The molecule has 1 saturated heterocycles. The van der Waals surface area contributed by atoms with E-state index in [1.807, 2.05) is 19.1 Å². The lowest BCUT2D eigenvalue weighted by Crippen LogP contribution is -2.32. The molecule has 0 radical (unpaired) electrons. The van der Waals surface area contributed by atoms with Crippen LogP contribution >= 0.6 is 11.6 Å². The van der Waals surface area contributed by atoms with E-state index >= 15 is 0 Å². The number of nitrogens with zero attached hydrogens (tertiary/aromatic N) is 3. The van der Waals surface area contributed by atoms with Gasteiger partial charge in [0.1, 0.15) is 5.82 Å². The monoisotopic (exact) mass is 387 g/mol. The summed E-state index contributed by atoms with van der Waals surface area (Å²) in [5.74, 6) is 1.11. The number of benzene rings is 1. The highest BCUT2D eigenvalue weighted by atomic mass is 35.5. The molecule has 6 nitrogen and oxygen atoms in total. The summed E-state index contributed by atoms with van der Waals surface area (Å²) in [6.07, 6.45) is 4.70. The number of ether oxygens (including phenoxy) is 1. The zero-order valence-corrected chi connectivity index (χ0v) is 16.4. The number of nitrogen functional groups attached to an aromatic ring is 1. The van der Waals surface area contributed by atoms with Gasteiger partial charge in [0, 0.05) is 41.7 Å². The molecule has 27 heavy (non-hydrogen) atoms. The summed E-state index contributed by atoms with van der Waals surface area (Å²) in [7, 11) is 0. The van der Waals surface area contributed by atoms with Crippen LogP contribution in [0.1, 0.15) is 43.0 Å². The summed E-state index contributed by atoms with van der Waals surface area (Å²) >= 11 is 6.70. The van der Waals surface area contributed by atoms with Gasteiger partial charge in [-0.15, -0.1) is 0 Å². The molecule has 2 aromatic rings. The summed E-state index contributed by atoms with van der Waals surface area (Å²) in [5.41, 5.74) is 8.87. The van der Waals surface area contributed by atoms with Crippen molar-refractivity contribution in [2.75, 3.05) is 35.7 Å². The summed E-state index contributed by atoms with van der Waals surface area (Å²) in [4.78, 5) is 10.9. The molecular weight excluding hydrogens is 362 g/mol. The number of aromatic nitrogens is 2. The molecule has 1 saturated carbocycles. The molecule has 144 valence electrons. The molecule has 1 aromatic heterocycles. The lowest BCUT2D eigenvalue weighted by molar-refractivity contribution is 0.134. The van der Waals surface area contributed by atoms with Crippen molar-refractivity contribution in [2.24, 2.45) is 0 Å². The molecule has 0 spiro atoms. The fourth-order valence-electron chi connectivity index (χ4n) is 3.71. The maximum absolute atomic E-state index is 6.70. The van der Waals surface area contributed by atoms with Gasteiger partial charge in [-0.2, -0.15) is 4.98 Å². The molecule has 0 bridgehead atoms. The fourth-order valence-corrected chi connectivity index (χ4v) is 4.01. The van der Waals surface area contributed by atoms with E-state index < -0.39 is 0 Å². The third-order valence-electron chi connectivity index (χ3n) is 5.33. The highest BCUT2D eigenvalue weighted by Crippen LogP contribution is 2.35. The topological polar surface area (TPSA) is 76.3 Å². The van der Waals surface area contributed by atoms with E-state index in [2.05, 4.69) is 32.3 Å². The number of rotatable bonds is 4. The van der Waals surface area contributed by atoms with Gasteiger partial charge in [0.25, 0.3) is 0 Å². The van der Waals surface area contributed by atoms with Crippen molar-refractivity contribution in [3.63, 3.8) is 0 Å². The number of hydrogen-bond acceptors (Lipinski definition) is 6. The maximum atomic E-state index is 6.70. The first kappa shape index (κ1) is 18.3. The molecule has 0 amide bonds. The number of anilines is 3. The second kappa shape index (κ2) is 7.90. The van der Waals surface area contributed by atoms with Crippen molar-refractivity contribution >= 4 is 29.1 Å². The fraction of sp³-hybridized carbons (Fsp3) is 0.500. The van der Waals surface area contributed by atoms with Gasteiger partial charge in [0.15, 0.2) is 0 Å². The van der Waals surface area contributed by atoms with E-state index in [1.54, 1.807) is 0 Å². The van der Waals surface area contributed by atoms with E-state index in [0.717, 1.165) is 47.4 Å². The van der Waals surface area contributed by atoms with Crippen LogP contribution in [0.5, 0.6) is 0 Å². The first-order chi connectivity index (χ1) is 13.1. The van der Waals surface area contributed by atoms with Gasteiger partial charge in [0.05, 0.1) is 12.6 Å². The summed E-state index contributed by atoms with van der Waals surface area (Å²) < 4.78 is 5.86. The van der Waals surface area contributed by atoms with Crippen LogP contribution in [0.3, 0.4) is 0 Å². The predicted molar refractivity (Wildman–Crippen MR) is 109 cm³/mol. The van der Waals surface area contributed by atoms with Crippen molar-refractivity contribution in [3.05, 3.63) is 40.5 Å². The van der Waals surface area contributed by atoms with Gasteiger partial charge in [-0.25, -0.2) is 4.98 Å². The lowest BCUT2D eigenvalue weighted by atomic mass is 9.93. The van der Waals surface area contributed by atoms with Gasteiger partial charge in [-0.05, 0) is 50.3 Å². The Labute approximate surface area is 165 Å². The molecule has 1 aliphatic carbocycles. The van der Waals surface area contributed by atoms with E-state index in [-0.39, 0.29) is 6.04 Å². The van der Waals surface area contributed by atoms with Crippen LogP contribution in [0, 0.1) is 6.92 Å². The molecular formula is C20H26ClN5O. The molecule has 2 heterocycles. The minimum Gasteiger partial charge on any atom is -0.382 e. The molecule has 4 rings (SSSR count). The Balaban J connectivity index is 1.63. The first-order valence-electron chi connectivity index (χ1n) is 9.61. The van der Waals surface area contributed by atoms with Crippen LogP contribution in [0.4, 0.5) is 17.5 Å². The Bertz CT molecular complexity index is 791. The highest BCUT2D eigenvalue weighted by molar-refractivity contribution is 6.31. The second-order valence-corrected chi connectivity index (χ2v) is 7.78. The number of aryl methyl sites for hydroxylation is 1.